The largest absolute Gasteiger partial charge is 0.389 e. The normalized spacial score (nSPS) is 23.4. The van der Waals surface area contributed by atoms with Crippen LogP contribution >= 0.6 is 0 Å². The average molecular weight is 316 g/mol. The molecule has 0 bridgehead atoms. The lowest BCUT2D eigenvalue weighted by Crippen LogP contribution is -2.30. The van der Waals surface area contributed by atoms with Crippen molar-refractivity contribution in [2.45, 2.75) is 31.0 Å². The van der Waals surface area contributed by atoms with E-state index in [0.717, 1.165) is 4.31 Å². The van der Waals surface area contributed by atoms with Crippen LogP contribution in [0.15, 0.2) is 17.0 Å². The average Bonchev–Trinajstić information content (AvgIpc) is 2.72. The van der Waals surface area contributed by atoms with Crippen molar-refractivity contribution in [1.82, 2.24) is 4.31 Å². The van der Waals surface area contributed by atoms with E-state index in [1.165, 1.54) is 12.1 Å². The summed E-state index contributed by atoms with van der Waals surface area (Å²) in [6.07, 6.45) is -2.38. The lowest BCUT2D eigenvalue weighted by Gasteiger charge is -2.16. The highest BCUT2D eigenvalue weighted by Gasteiger charge is 2.40. The molecule has 0 radical (unpaired) electrons. The molecule has 116 valence electrons. The highest BCUT2D eigenvalue weighted by molar-refractivity contribution is 7.89. The number of sulfonamides is 1. The first kappa shape index (κ1) is 15.8. The smallest absolute Gasteiger partial charge is 0.289 e. The summed E-state index contributed by atoms with van der Waals surface area (Å²) in [5.74, 6) is 0. The molecule has 8 nitrogen and oxygen atoms in total. The quantitative estimate of drug-likeness (QED) is 0.595. The van der Waals surface area contributed by atoms with E-state index in [4.69, 9.17) is 0 Å². The first-order chi connectivity index (χ1) is 9.64. The Hall–Kier alpha value is -1.55. The van der Waals surface area contributed by atoms with Crippen molar-refractivity contribution in [2.75, 3.05) is 13.1 Å². The number of β-amino-alcohol motifs (C(OH)–C–C–N with tert-alkyl or cyclic N) is 2. The fourth-order valence-electron chi connectivity index (χ4n) is 2.19. The molecule has 0 unspecified atom stereocenters. The third-order valence-electron chi connectivity index (χ3n) is 3.62. The van der Waals surface area contributed by atoms with Crippen LogP contribution in [0.3, 0.4) is 0 Å². The van der Waals surface area contributed by atoms with Crippen LogP contribution in [0.25, 0.3) is 0 Å². The van der Waals surface area contributed by atoms with Crippen molar-refractivity contribution in [3.8, 4) is 0 Å². The molecule has 21 heavy (non-hydrogen) atoms. The Kier molecular flexibility index (Phi) is 4.02. The molecule has 1 heterocycles. The lowest BCUT2D eigenvalue weighted by atomic mass is 10.1. The summed E-state index contributed by atoms with van der Waals surface area (Å²) in [7, 11) is -4.15. The third-order valence-corrected chi connectivity index (χ3v) is 5.48. The van der Waals surface area contributed by atoms with Crippen molar-refractivity contribution in [1.29, 1.82) is 0 Å². The topological polar surface area (TPSA) is 121 Å². The second-order valence-corrected chi connectivity index (χ2v) is 7.02. The highest BCUT2D eigenvalue weighted by Crippen LogP contribution is 2.31. The van der Waals surface area contributed by atoms with Crippen LogP contribution in [-0.2, 0) is 10.0 Å². The molecule has 1 aromatic carbocycles. The Morgan fingerprint density at radius 1 is 1.19 bits per heavy atom. The van der Waals surface area contributed by atoms with Crippen LogP contribution in [0.4, 0.5) is 5.69 Å². The van der Waals surface area contributed by atoms with Gasteiger partial charge in [0.15, 0.2) is 4.90 Å². The third kappa shape index (κ3) is 2.77. The number of benzene rings is 1. The minimum Gasteiger partial charge on any atom is -0.389 e. The van der Waals surface area contributed by atoms with Gasteiger partial charge in [-0.2, -0.15) is 4.31 Å². The number of hydrogen-bond donors (Lipinski definition) is 2. The molecule has 0 saturated carbocycles. The maximum absolute atomic E-state index is 12.5. The van der Waals surface area contributed by atoms with Crippen LogP contribution in [0, 0.1) is 24.0 Å². The molecule has 1 saturated heterocycles. The Morgan fingerprint density at radius 2 is 1.67 bits per heavy atom. The maximum atomic E-state index is 12.5. The summed E-state index contributed by atoms with van der Waals surface area (Å²) < 4.78 is 25.9. The molecule has 0 amide bonds. The summed E-state index contributed by atoms with van der Waals surface area (Å²) >= 11 is 0. The van der Waals surface area contributed by atoms with Gasteiger partial charge in [0, 0.05) is 19.2 Å². The number of hydrogen-bond acceptors (Lipinski definition) is 6. The number of rotatable bonds is 3. The van der Waals surface area contributed by atoms with Gasteiger partial charge in [-0.05, 0) is 31.0 Å². The van der Waals surface area contributed by atoms with Crippen LogP contribution < -0.4 is 0 Å². The fraction of sp³-hybridized carbons (Fsp3) is 0.500. The minimum atomic E-state index is -4.15. The van der Waals surface area contributed by atoms with E-state index in [9.17, 15) is 28.7 Å². The van der Waals surface area contributed by atoms with Gasteiger partial charge in [0.1, 0.15) is 0 Å². The molecule has 2 rings (SSSR count). The number of aliphatic hydroxyl groups is 2. The van der Waals surface area contributed by atoms with E-state index in [2.05, 4.69) is 0 Å². The molecule has 0 spiro atoms. The van der Waals surface area contributed by atoms with Crippen LogP contribution in [0.5, 0.6) is 0 Å². The summed E-state index contributed by atoms with van der Waals surface area (Å²) in [5.41, 5.74) is 0.718. The molecule has 2 N–H and O–H groups in total. The van der Waals surface area contributed by atoms with Crippen LogP contribution in [0.1, 0.15) is 11.1 Å². The molecule has 2 atom stereocenters. The second-order valence-electron chi connectivity index (χ2n) is 5.12. The van der Waals surface area contributed by atoms with Crippen molar-refractivity contribution in [2.24, 2.45) is 0 Å². The van der Waals surface area contributed by atoms with E-state index in [1.807, 2.05) is 0 Å². The van der Waals surface area contributed by atoms with Gasteiger partial charge in [0.05, 0.1) is 17.1 Å². The van der Waals surface area contributed by atoms with E-state index >= 15 is 0 Å². The van der Waals surface area contributed by atoms with E-state index in [0.29, 0.717) is 11.1 Å². The van der Waals surface area contributed by atoms with Gasteiger partial charge in [0.25, 0.3) is 5.69 Å². The predicted octanol–water partition coefficient (Wildman–Crippen LogP) is -0.0623. The number of aliphatic hydroxyl groups excluding tert-OH is 2. The monoisotopic (exact) mass is 316 g/mol. The highest BCUT2D eigenvalue weighted by atomic mass is 32.2. The zero-order valence-electron chi connectivity index (χ0n) is 11.6. The summed E-state index contributed by atoms with van der Waals surface area (Å²) in [4.78, 5) is 9.93. The molecule has 0 aromatic heterocycles. The van der Waals surface area contributed by atoms with Gasteiger partial charge >= 0.3 is 0 Å². The second kappa shape index (κ2) is 5.34. The summed E-state index contributed by atoms with van der Waals surface area (Å²) in [5, 5.41) is 30.0. The molecule has 1 fully saturated rings. The van der Waals surface area contributed by atoms with Crippen molar-refractivity contribution >= 4 is 15.7 Å². The first-order valence-electron chi connectivity index (χ1n) is 6.26. The molecule has 9 heteroatoms. The Labute approximate surface area is 121 Å². The predicted molar refractivity (Wildman–Crippen MR) is 73.3 cm³/mol. The number of nitrogens with zero attached hydrogens (tertiary/aromatic N) is 2. The van der Waals surface area contributed by atoms with Crippen molar-refractivity contribution in [3.05, 3.63) is 33.4 Å². The van der Waals surface area contributed by atoms with Crippen LogP contribution in [-0.4, -0.2) is 53.2 Å². The summed E-state index contributed by atoms with van der Waals surface area (Å²) in [6.45, 7) is 2.75. The van der Waals surface area contributed by atoms with Gasteiger partial charge in [-0.15, -0.1) is 0 Å². The molecular formula is C12H16N2O6S. The Bertz CT molecular complexity index is 677. The Morgan fingerprint density at radius 3 is 2.14 bits per heavy atom. The van der Waals surface area contributed by atoms with Crippen LogP contribution in [0.2, 0.25) is 0 Å². The number of nitro benzene ring substituents is 1. The number of aryl methyl sites for hydroxylation is 2. The number of nitro groups is 1. The van der Waals surface area contributed by atoms with Gasteiger partial charge in [-0.25, -0.2) is 8.42 Å². The fourth-order valence-corrected chi connectivity index (χ4v) is 3.89. The SMILES string of the molecule is Cc1cc([N+](=O)[O-])c(S(=O)(=O)N2C[C@@H](O)[C@@H](O)C2)cc1C. The standard InChI is InChI=1S/C12H16N2O6S/c1-7-3-9(14(17)18)12(4-8(7)2)21(19,20)13-5-10(15)11(16)6-13/h3-4,10-11,15-16H,5-6H2,1-2H3/t10-,11+. The molecule has 0 aliphatic carbocycles. The van der Waals surface area contributed by atoms with E-state index in [-0.39, 0.29) is 13.1 Å². The molecule has 1 aliphatic heterocycles. The maximum Gasteiger partial charge on any atom is 0.289 e. The van der Waals surface area contributed by atoms with Gasteiger partial charge in [-0.1, -0.05) is 0 Å². The molecule has 1 aromatic rings. The van der Waals surface area contributed by atoms with Gasteiger partial charge in [-0.3, -0.25) is 10.1 Å². The molecule has 1 aliphatic rings. The van der Waals surface area contributed by atoms with E-state index in [1.54, 1.807) is 13.8 Å². The Balaban J connectivity index is 2.55. The van der Waals surface area contributed by atoms with Crippen molar-refractivity contribution < 1.29 is 23.6 Å². The zero-order valence-corrected chi connectivity index (χ0v) is 12.4. The van der Waals surface area contributed by atoms with Crippen molar-refractivity contribution in [3.63, 3.8) is 0 Å². The zero-order chi connectivity index (χ0) is 15.9. The summed E-state index contributed by atoms with van der Waals surface area (Å²) in [6, 6.07) is 2.46. The van der Waals surface area contributed by atoms with Gasteiger partial charge < -0.3 is 10.2 Å². The molecular weight excluding hydrogens is 300 g/mol. The van der Waals surface area contributed by atoms with E-state index < -0.39 is 37.7 Å². The van der Waals surface area contributed by atoms with Gasteiger partial charge in [0.2, 0.25) is 10.0 Å². The first-order valence-corrected chi connectivity index (χ1v) is 7.70. The lowest BCUT2D eigenvalue weighted by molar-refractivity contribution is -0.387. The minimum absolute atomic E-state index is 0.284.